The molecule has 0 fully saturated rings. The summed E-state index contributed by atoms with van der Waals surface area (Å²) in [5, 5.41) is 6.98. The number of hydrogen-bond acceptors (Lipinski definition) is 4. The molecule has 1 N–H and O–H groups in total. The molecule has 2 aromatic heterocycles. The Labute approximate surface area is 165 Å². The first-order valence-corrected chi connectivity index (χ1v) is 8.89. The maximum atomic E-state index is 13.2. The number of anilines is 1. The average Bonchev–Trinajstić information content (AvgIpc) is 2.96. The van der Waals surface area contributed by atoms with Crippen molar-refractivity contribution in [3.8, 4) is 17.1 Å². The average molecular weight is 406 g/mol. The highest BCUT2D eigenvalue weighted by Gasteiger charge is 2.31. The number of aromatic nitrogens is 3. The van der Waals surface area contributed by atoms with Crippen molar-refractivity contribution >= 4 is 17.4 Å². The van der Waals surface area contributed by atoms with Crippen molar-refractivity contribution in [1.29, 1.82) is 0 Å². The van der Waals surface area contributed by atoms with E-state index in [9.17, 15) is 18.0 Å². The third-order valence-electron chi connectivity index (χ3n) is 4.07. The van der Waals surface area contributed by atoms with Crippen LogP contribution in [0, 0.1) is 5.41 Å². The lowest BCUT2D eigenvalue weighted by Crippen LogP contribution is -2.20. The first-order valence-electron chi connectivity index (χ1n) is 8.89. The number of nitrogens with zero attached hydrogens (tertiary/aromatic N) is 3. The number of nitrogens with one attached hydrogen (secondary N) is 1. The molecule has 9 heteroatoms. The fourth-order valence-corrected chi connectivity index (χ4v) is 2.87. The van der Waals surface area contributed by atoms with Gasteiger partial charge in [-0.3, -0.25) is 4.79 Å². The van der Waals surface area contributed by atoms with Gasteiger partial charge in [-0.2, -0.15) is 13.2 Å². The van der Waals surface area contributed by atoms with Crippen molar-refractivity contribution in [2.75, 3.05) is 12.4 Å². The van der Waals surface area contributed by atoms with Crippen LogP contribution in [0.5, 0.6) is 5.88 Å². The molecule has 2 heterocycles. The first kappa shape index (κ1) is 20.6. The highest BCUT2D eigenvalue weighted by atomic mass is 19.4. The summed E-state index contributed by atoms with van der Waals surface area (Å²) in [6.07, 6.45) is -4.28. The molecule has 0 saturated heterocycles. The summed E-state index contributed by atoms with van der Waals surface area (Å²) < 4.78 is 46.1. The quantitative estimate of drug-likeness (QED) is 0.676. The molecule has 0 bridgehead atoms. The molecule has 0 radical (unpaired) electrons. The molecule has 0 atom stereocenters. The molecule has 0 unspecified atom stereocenters. The lowest BCUT2D eigenvalue weighted by Gasteiger charge is -2.17. The van der Waals surface area contributed by atoms with Gasteiger partial charge < -0.3 is 10.1 Å². The van der Waals surface area contributed by atoms with E-state index in [2.05, 4.69) is 15.4 Å². The lowest BCUT2D eigenvalue weighted by molar-refractivity contribution is -0.137. The molecule has 1 aromatic carbocycles. The molecule has 1 amide bonds. The van der Waals surface area contributed by atoms with Crippen LogP contribution in [0.1, 0.15) is 32.8 Å². The molecule has 0 spiro atoms. The second kappa shape index (κ2) is 7.38. The van der Waals surface area contributed by atoms with Crippen LogP contribution in [0.4, 0.5) is 19.0 Å². The number of carbonyl (C=O) groups excluding carboxylic acids is 1. The number of amides is 1. The second-order valence-electron chi connectivity index (χ2n) is 7.82. The molecule has 0 saturated carbocycles. The third-order valence-corrected chi connectivity index (χ3v) is 4.07. The number of methoxy groups -OCH3 is 1. The van der Waals surface area contributed by atoms with Crippen LogP contribution in [0.15, 0.2) is 36.4 Å². The van der Waals surface area contributed by atoms with Crippen LogP contribution in [0.2, 0.25) is 0 Å². The van der Waals surface area contributed by atoms with Crippen molar-refractivity contribution in [2.45, 2.75) is 33.4 Å². The zero-order valence-electron chi connectivity index (χ0n) is 16.5. The number of carbonyl (C=O) groups is 1. The summed E-state index contributed by atoms with van der Waals surface area (Å²) in [6.45, 7) is 5.74. The summed E-state index contributed by atoms with van der Waals surface area (Å²) in [7, 11) is 1.43. The second-order valence-corrected chi connectivity index (χ2v) is 7.82. The van der Waals surface area contributed by atoms with Crippen molar-refractivity contribution < 1.29 is 22.7 Å². The SMILES string of the molecule is COc1ccc2nc(NC(=O)CC(C)(C)C)c(-c3cccc(C(F)(F)F)c3)n2n1. The van der Waals surface area contributed by atoms with Gasteiger partial charge in [-0.15, -0.1) is 5.10 Å². The maximum absolute atomic E-state index is 13.2. The third kappa shape index (κ3) is 4.67. The number of halogens is 3. The Hall–Kier alpha value is -3.10. The largest absolute Gasteiger partial charge is 0.480 e. The van der Waals surface area contributed by atoms with E-state index in [1.807, 2.05) is 20.8 Å². The molecule has 29 heavy (non-hydrogen) atoms. The standard InChI is InChI=1S/C20H21F3N4O2/c1-19(2,3)11-15(28)25-18-17(12-6-5-7-13(10-12)20(21,22)23)27-14(24-18)8-9-16(26-27)29-4/h5-10H,11H2,1-4H3,(H,25,28). The minimum Gasteiger partial charge on any atom is -0.480 e. The monoisotopic (exact) mass is 406 g/mol. The van der Waals surface area contributed by atoms with Gasteiger partial charge >= 0.3 is 6.18 Å². The Morgan fingerprint density at radius 2 is 1.90 bits per heavy atom. The van der Waals surface area contributed by atoms with Crippen molar-refractivity contribution in [2.24, 2.45) is 5.41 Å². The number of rotatable bonds is 4. The van der Waals surface area contributed by atoms with Crippen molar-refractivity contribution in [3.05, 3.63) is 42.0 Å². The Kier molecular flexibility index (Phi) is 5.25. The van der Waals surface area contributed by atoms with Gasteiger partial charge in [0.1, 0.15) is 5.69 Å². The van der Waals surface area contributed by atoms with Crippen LogP contribution in [-0.4, -0.2) is 27.6 Å². The topological polar surface area (TPSA) is 68.5 Å². The minimum atomic E-state index is -4.50. The van der Waals surface area contributed by atoms with E-state index < -0.39 is 11.7 Å². The van der Waals surface area contributed by atoms with Crippen LogP contribution in [0.3, 0.4) is 0 Å². The molecule has 0 aliphatic carbocycles. The van der Waals surface area contributed by atoms with Crippen LogP contribution in [-0.2, 0) is 11.0 Å². The van der Waals surface area contributed by atoms with E-state index in [1.54, 1.807) is 12.1 Å². The fourth-order valence-electron chi connectivity index (χ4n) is 2.87. The van der Waals surface area contributed by atoms with Gasteiger partial charge in [-0.1, -0.05) is 32.9 Å². The zero-order chi connectivity index (χ0) is 21.4. The van der Waals surface area contributed by atoms with E-state index in [1.165, 1.54) is 23.8 Å². The van der Waals surface area contributed by atoms with Gasteiger partial charge in [0.15, 0.2) is 11.5 Å². The van der Waals surface area contributed by atoms with Crippen LogP contribution < -0.4 is 10.1 Å². The molecule has 154 valence electrons. The fraction of sp³-hybridized carbons (Fsp3) is 0.350. The molecule has 0 aliphatic heterocycles. The Bertz CT molecular complexity index is 1050. The highest BCUT2D eigenvalue weighted by molar-refractivity contribution is 5.94. The number of fused-ring (bicyclic) bond motifs is 1. The summed E-state index contributed by atoms with van der Waals surface area (Å²) in [5.41, 5.74) is -0.239. The van der Waals surface area contributed by atoms with Gasteiger partial charge in [-0.25, -0.2) is 9.50 Å². The van der Waals surface area contributed by atoms with Gasteiger partial charge in [0.05, 0.1) is 12.7 Å². The highest BCUT2D eigenvalue weighted by Crippen LogP contribution is 2.35. The summed E-state index contributed by atoms with van der Waals surface area (Å²) in [5.74, 6) is 0.108. The van der Waals surface area contributed by atoms with Gasteiger partial charge in [-0.05, 0) is 23.6 Å². The number of ether oxygens (including phenoxy) is 1. The van der Waals surface area contributed by atoms with Gasteiger partial charge in [0.2, 0.25) is 11.8 Å². The molecule has 3 aromatic rings. The van der Waals surface area contributed by atoms with E-state index in [4.69, 9.17) is 4.74 Å². The normalized spacial score (nSPS) is 12.2. The molecular weight excluding hydrogens is 385 g/mol. The summed E-state index contributed by atoms with van der Waals surface area (Å²) >= 11 is 0. The molecule has 6 nitrogen and oxygen atoms in total. The smallest absolute Gasteiger partial charge is 0.416 e. The molecule has 0 aliphatic rings. The summed E-state index contributed by atoms with van der Waals surface area (Å²) in [4.78, 5) is 16.8. The number of benzene rings is 1. The number of hydrogen-bond donors (Lipinski definition) is 1. The van der Waals surface area contributed by atoms with E-state index >= 15 is 0 Å². The predicted molar refractivity (Wildman–Crippen MR) is 103 cm³/mol. The first-order chi connectivity index (χ1) is 13.5. The van der Waals surface area contributed by atoms with Crippen molar-refractivity contribution in [1.82, 2.24) is 14.6 Å². The Balaban J connectivity index is 2.16. The van der Waals surface area contributed by atoms with Gasteiger partial charge in [0.25, 0.3) is 0 Å². The number of imidazole rings is 1. The van der Waals surface area contributed by atoms with E-state index in [-0.39, 0.29) is 40.7 Å². The molecule has 3 rings (SSSR count). The Morgan fingerprint density at radius 3 is 2.52 bits per heavy atom. The summed E-state index contributed by atoms with van der Waals surface area (Å²) in [6, 6.07) is 8.00. The maximum Gasteiger partial charge on any atom is 0.416 e. The molecular formula is C20H21F3N4O2. The van der Waals surface area contributed by atoms with E-state index in [0.29, 0.717) is 5.65 Å². The zero-order valence-corrected chi connectivity index (χ0v) is 16.5. The predicted octanol–water partition coefficient (Wildman–Crippen LogP) is 4.80. The number of alkyl halides is 3. The van der Waals surface area contributed by atoms with E-state index in [0.717, 1.165) is 12.1 Å². The van der Waals surface area contributed by atoms with Gasteiger partial charge in [0, 0.05) is 18.1 Å². The van der Waals surface area contributed by atoms with Crippen LogP contribution in [0.25, 0.3) is 16.9 Å². The Morgan fingerprint density at radius 1 is 1.17 bits per heavy atom. The van der Waals surface area contributed by atoms with Crippen molar-refractivity contribution in [3.63, 3.8) is 0 Å². The lowest BCUT2D eigenvalue weighted by atomic mass is 9.92. The minimum absolute atomic E-state index is 0.138. The van der Waals surface area contributed by atoms with Crippen LogP contribution >= 0.6 is 0 Å².